The van der Waals surface area contributed by atoms with E-state index < -0.39 is 0 Å². The number of nitrogens with zero attached hydrogens (tertiary/aromatic N) is 1. The number of amides is 1. The summed E-state index contributed by atoms with van der Waals surface area (Å²) in [6.45, 7) is 1.96. The molecule has 1 aromatic rings. The first-order chi connectivity index (χ1) is 8.16. The van der Waals surface area contributed by atoms with Gasteiger partial charge in [-0.1, -0.05) is 19.3 Å². The second-order valence-electron chi connectivity index (χ2n) is 4.59. The highest BCUT2D eigenvalue weighted by Crippen LogP contribution is 2.24. The zero-order chi connectivity index (χ0) is 12.3. The fourth-order valence-electron chi connectivity index (χ4n) is 2.21. The number of hydrogen-bond acceptors (Lipinski definition) is 2. The van der Waals surface area contributed by atoms with E-state index in [9.17, 15) is 4.79 Å². The molecule has 0 saturated heterocycles. The average Bonchev–Trinajstić information content (AvgIpc) is 2.35. The lowest BCUT2D eigenvalue weighted by molar-refractivity contribution is -0.120. The van der Waals surface area contributed by atoms with Crippen LogP contribution in [0.2, 0.25) is 0 Å². The van der Waals surface area contributed by atoms with Crippen molar-refractivity contribution in [1.29, 1.82) is 0 Å². The van der Waals surface area contributed by atoms with Crippen LogP contribution in [0.4, 0.5) is 5.82 Å². The van der Waals surface area contributed by atoms with E-state index in [4.69, 9.17) is 0 Å². The molecule has 92 valence electrons. The SMILES string of the molecule is Cc1nc(NC(=O)C2CCCCC2)ccc1I. The molecule has 1 aromatic heterocycles. The molecule has 0 bridgehead atoms. The minimum absolute atomic E-state index is 0.137. The number of halogens is 1. The summed E-state index contributed by atoms with van der Waals surface area (Å²) in [5.74, 6) is 1.00. The quantitative estimate of drug-likeness (QED) is 0.835. The van der Waals surface area contributed by atoms with E-state index in [0.717, 1.165) is 22.1 Å². The second-order valence-corrected chi connectivity index (χ2v) is 5.75. The van der Waals surface area contributed by atoms with Crippen LogP contribution in [0.15, 0.2) is 12.1 Å². The summed E-state index contributed by atoms with van der Waals surface area (Å²) in [4.78, 5) is 16.4. The van der Waals surface area contributed by atoms with Gasteiger partial charge in [0.05, 0.1) is 5.69 Å². The summed E-state index contributed by atoms with van der Waals surface area (Å²) in [5, 5.41) is 2.93. The van der Waals surface area contributed by atoms with Gasteiger partial charge in [-0.3, -0.25) is 4.79 Å². The Hall–Kier alpha value is -0.650. The first-order valence-electron chi connectivity index (χ1n) is 6.11. The largest absolute Gasteiger partial charge is 0.310 e. The van der Waals surface area contributed by atoms with Gasteiger partial charge in [-0.15, -0.1) is 0 Å². The Morgan fingerprint density at radius 2 is 2.06 bits per heavy atom. The third-order valence-corrected chi connectivity index (χ3v) is 4.39. The highest BCUT2D eigenvalue weighted by molar-refractivity contribution is 14.1. The minimum atomic E-state index is 0.137. The Bertz CT molecular complexity index is 414. The number of aromatic nitrogens is 1. The number of carbonyl (C=O) groups is 1. The van der Waals surface area contributed by atoms with Crippen LogP contribution in [0.3, 0.4) is 0 Å². The van der Waals surface area contributed by atoms with E-state index in [-0.39, 0.29) is 11.8 Å². The van der Waals surface area contributed by atoms with Crippen LogP contribution in [0, 0.1) is 16.4 Å². The molecule has 0 radical (unpaired) electrons. The van der Waals surface area contributed by atoms with Gasteiger partial charge < -0.3 is 5.32 Å². The number of hydrogen-bond donors (Lipinski definition) is 1. The first kappa shape index (κ1) is 12.8. The fraction of sp³-hybridized carbons (Fsp3) is 0.538. The smallest absolute Gasteiger partial charge is 0.228 e. The van der Waals surface area contributed by atoms with Crippen LogP contribution < -0.4 is 5.32 Å². The van der Waals surface area contributed by atoms with Crippen LogP contribution in [-0.4, -0.2) is 10.9 Å². The maximum absolute atomic E-state index is 12.0. The number of rotatable bonds is 2. The fourth-order valence-corrected chi connectivity index (χ4v) is 2.51. The van der Waals surface area contributed by atoms with Crippen molar-refractivity contribution in [3.63, 3.8) is 0 Å². The summed E-state index contributed by atoms with van der Waals surface area (Å²) in [5.41, 5.74) is 0.965. The van der Waals surface area contributed by atoms with Crippen LogP contribution in [-0.2, 0) is 4.79 Å². The maximum atomic E-state index is 12.0. The van der Waals surface area contributed by atoms with Crippen molar-refractivity contribution >= 4 is 34.3 Å². The molecule has 4 heteroatoms. The van der Waals surface area contributed by atoms with Crippen molar-refractivity contribution < 1.29 is 4.79 Å². The molecule has 0 aromatic carbocycles. The Balaban J connectivity index is 1.99. The van der Waals surface area contributed by atoms with Gasteiger partial charge in [0, 0.05) is 9.49 Å². The molecule has 1 amide bonds. The van der Waals surface area contributed by atoms with Crippen LogP contribution >= 0.6 is 22.6 Å². The lowest BCUT2D eigenvalue weighted by Crippen LogP contribution is -2.25. The van der Waals surface area contributed by atoms with E-state index in [0.29, 0.717) is 5.82 Å². The molecule has 1 fully saturated rings. The topological polar surface area (TPSA) is 42.0 Å². The maximum Gasteiger partial charge on any atom is 0.228 e. The number of carbonyl (C=O) groups excluding carboxylic acids is 1. The van der Waals surface area contributed by atoms with Crippen molar-refractivity contribution in [1.82, 2.24) is 4.98 Å². The van der Waals surface area contributed by atoms with Gasteiger partial charge in [-0.2, -0.15) is 0 Å². The second kappa shape index (κ2) is 5.80. The first-order valence-corrected chi connectivity index (χ1v) is 7.18. The number of nitrogens with one attached hydrogen (secondary N) is 1. The van der Waals surface area contributed by atoms with Crippen molar-refractivity contribution in [2.24, 2.45) is 5.92 Å². The summed E-state index contributed by atoms with van der Waals surface area (Å²) in [7, 11) is 0. The van der Waals surface area contributed by atoms with E-state index >= 15 is 0 Å². The molecule has 17 heavy (non-hydrogen) atoms. The van der Waals surface area contributed by atoms with Crippen molar-refractivity contribution in [3.05, 3.63) is 21.4 Å². The van der Waals surface area contributed by atoms with Gasteiger partial charge >= 0.3 is 0 Å². The van der Waals surface area contributed by atoms with Gasteiger partial charge in [-0.05, 0) is 54.5 Å². The summed E-state index contributed by atoms with van der Waals surface area (Å²) >= 11 is 2.24. The summed E-state index contributed by atoms with van der Waals surface area (Å²) in [6.07, 6.45) is 5.67. The van der Waals surface area contributed by atoms with Gasteiger partial charge in [-0.25, -0.2) is 4.98 Å². The molecular weight excluding hydrogens is 327 g/mol. The molecular formula is C13H17IN2O. The van der Waals surface area contributed by atoms with Gasteiger partial charge in [0.25, 0.3) is 0 Å². The number of pyridine rings is 1. The van der Waals surface area contributed by atoms with E-state index in [1.54, 1.807) is 0 Å². The molecule has 0 spiro atoms. The number of anilines is 1. The van der Waals surface area contributed by atoms with E-state index in [1.807, 2.05) is 19.1 Å². The number of aryl methyl sites for hydroxylation is 1. The molecule has 2 rings (SSSR count). The molecule has 1 aliphatic rings. The zero-order valence-corrected chi connectivity index (χ0v) is 12.2. The molecule has 1 heterocycles. The monoisotopic (exact) mass is 344 g/mol. The summed E-state index contributed by atoms with van der Waals surface area (Å²) in [6, 6.07) is 3.86. The van der Waals surface area contributed by atoms with Gasteiger partial charge in [0.2, 0.25) is 5.91 Å². The van der Waals surface area contributed by atoms with Crippen LogP contribution in [0.1, 0.15) is 37.8 Å². The normalized spacial score (nSPS) is 16.8. The van der Waals surface area contributed by atoms with E-state index in [2.05, 4.69) is 32.9 Å². The third kappa shape index (κ3) is 3.40. The molecule has 0 aliphatic heterocycles. The minimum Gasteiger partial charge on any atom is -0.310 e. The molecule has 0 unspecified atom stereocenters. The average molecular weight is 344 g/mol. The van der Waals surface area contributed by atoms with Crippen molar-refractivity contribution in [3.8, 4) is 0 Å². The predicted molar refractivity (Wildman–Crippen MR) is 76.9 cm³/mol. The van der Waals surface area contributed by atoms with Crippen molar-refractivity contribution in [2.45, 2.75) is 39.0 Å². The lowest BCUT2D eigenvalue weighted by Gasteiger charge is -2.20. The van der Waals surface area contributed by atoms with E-state index in [1.165, 1.54) is 19.3 Å². The lowest BCUT2D eigenvalue weighted by atomic mass is 9.89. The van der Waals surface area contributed by atoms with Crippen LogP contribution in [0.5, 0.6) is 0 Å². The Kier molecular flexibility index (Phi) is 4.36. The van der Waals surface area contributed by atoms with Crippen molar-refractivity contribution in [2.75, 3.05) is 5.32 Å². The Labute approximate surface area is 116 Å². The molecule has 1 aliphatic carbocycles. The molecule has 1 saturated carbocycles. The zero-order valence-electron chi connectivity index (χ0n) is 10.0. The Morgan fingerprint density at radius 3 is 2.71 bits per heavy atom. The molecule has 1 N–H and O–H groups in total. The third-order valence-electron chi connectivity index (χ3n) is 3.25. The van der Waals surface area contributed by atoms with Gasteiger partial charge in [0.1, 0.15) is 5.82 Å². The highest BCUT2D eigenvalue weighted by Gasteiger charge is 2.21. The van der Waals surface area contributed by atoms with Crippen LogP contribution in [0.25, 0.3) is 0 Å². The standard InChI is InChI=1S/C13H17IN2O/c1-9-11(14)7-8-12(15-9)16-13(17)10-5-3-2-4-6-10/h7-8,10H,2-6H2,1H3,(H,15,16,17). The highest BCUT2D eigenvalue weighted by atomic mass is 127. The molecule has 0 atom stereocenters. The Morgan fingerprint density at radius 1 is 1.35 bits per heavy atom. The molecule has 3 nitrogen and oxygen atoms in total. The summed E-state index contributed by atoms with van der Waals surface area (Å²) < 4.78 is 1.12. The predicted octanol–water partition coefficient (Wildman–Crippen LogP) is 3.51. The van der Waals surface area contributed by atoms with Gasteiger partial charge in [0.15, 0.2) is 0 Å².